The van der Waals surface area contributed by atoms with Crippen molar-refractivity contribution in [3.8, 4) is 11.5 Å². The average molecular weight is 438 g/mol. The minimum Gasteiger partial charge on any atom is -0.490 e. The molecule has 176 valence electrons. The Morgan fingerprint density at radius 1 is 0.968 bits per heavy atom. The highest BCUT2D eigenvalue weighted by atomic mass is 16.5. The van der Waals surface area contributed by atoms with Gasteiger partial charge in [-0.25, -0.2) is 0 Å². The number of hydrogen-bond donors (Lipinski definition) is 2. The van der Waals surface area contributed by atoms with E-state index in [-0.39, 0.29) is 0 Å². The molecule has 8 heteroatoms. The fourth-order valence-corrected chi connectivity index (χ4v) is 2.85. The Kier molecular flexibility index (Phi) is 13.5. The van der Waals surface area contributed by atoms with Crippen LogP contribution < -0.4 is 20.1 Å². The van der Waals surface area contributed by atoms with Crippen LogP contribution in [0, 0.1) is 0 Å². The van der Waals surface area contributed by atoms with Gasteiger partial charge in [0.1, 0.15) is 0 Å². The average Bonchev–Trinajstić information content (AvgIpc) is 3.02. The van der Waals surface area contributed by atoms with Crippen molar-refractivity contribution in [1.29, 1.82) is 0 Å². The number of nitrogens with one attached hydrogen (secondary N) is 2. The molecule has 0 fully saturated rings. The summed E-state index contributed by atoms with van der Waals surface area (Å²) < 4.78 is 27.6. The lowest BCUT2D eigenvalue weighted by atomic mass is 10.2. The van der Waals surface area contributed by atoms with Crippen LogP contribution in [0.15, 0.2) is 23.2 Å². The second kappa shape index (κ2) is 16.6. The number of aliphatic imine (C=N–C) groups is 1. The number of nitrogens with zero attached hydrogens (tertiary/aromatic N) is 1. The van der Waals surface area contributed by atoms with Gasteiger partial charge in [0.25, 0.3) is 0 Å². The predicted molar refractivity (Wildman–Crippen MR) is 124 cm³/mol. The van der Waals surface area contributed by atoms with Crippen molar-refractivity contribution in [2.45, 2.75) is 39.0 Å². The first-order valence-electron chi connectivity index (χ1n) is 11.4. The summed E-state index contributed by atoms with van der Waals surface area (Å²) in [6.07, 6.45) is 4.91. The summed E-state index contributed by atoms with van der Waals surface area (Å²) in [7, 11) is 1.67. The highest BCUT2D eigenvalue weighted by Gasteiger charge is 2.11. The molecule has 31 heavy (non-hydrogen) atoms. The first-order valence-corrected chi connectivity index (χ1v) is 11.4. The zero-order valence-corrected chi connectivity index (χ0v) is 19.1. The third-order valence-corrected chi connectivity index (χ3v) is 4.56. The molecule has 0 atom stereocenters. The van der Waals surface area contributed by atoms with Gasteiger partial charge in [-0.1, -0.05) is 13.3 Å². The van der Waals surface area contributed by atoms with Crippen LogP contribution in [0.2, 0.25) is 0 Å². The van der Waals surface area contributed by atoms with Gasteiger partial charge < -0.3 is 34.3 Å². The number of rotatable bonds is 15. The van der Waals surface area contributed by atoms with Crippen LogP contribution in [-0.2, 0) is 14.2 Å². The van der Waals surface area contributed by atoms with Gasteiger partial charge in [0, 0.05) is 58.2 Å². The topological polar surface area (TPSA) is 82.6 Å². The van der Waals surface area contributed by atoms with Gasteiger partial charge in [0.15, 0.2) is 17.5 Å². The molecular formula is C23H39N3O5. The molecule has 8 nitrogen and oxygen atoms in total. The van der Waals surface area contributed by atoms with Gasteiger partial charge in [-0.05, 0) is 31.4 Å². The Morgan fingerprint density at radius 2 is 1.74 bits per heavy atom. The fraction of sp³-hybridized carbons (Fsp3) is 0.696. The Morgan fingerprint density at radius 3 is 2.58 bits per heavy atom. The molecule has 1 heterocycles. The van der Waals surface area contributed by atoms with E-state index < -0.39 is 0 Å². The van der Waals surface area contributed by atoms with E-state index in [1.54, 1.807) is 7.11 Å². The van der Waals surface area contributed by atoms with Crippen LogP contribution in [-0.4, -0.2) is 72.4 Å². The quantitative estimate of drug-likeness (QED) is 0.247. The Bertz CT molecular complexity index is 627. The number of ether oxygens (including phenoxy) is 5. The Balaban J connectivity index is 1.84. The lowest BCUT2D eigenvalue weighted by molar-refractivity contribution is 0.0699. The molecule has 0 aromatic heterocycles. The maximum atomic E-state index is 5.79. The van der Waals surface area contributed by atoms with Gasteiger partial charge in [-0.3, -0.25) is 4.99 Å². The van der Waals surface area contributed by atoms with Gasteiger partial charge in [-0.15, -0.1) is 0 Å². The van der Waals surface area contributed by atoms with Crippen LogP contribution >= 0.6 is 0 Å². The summed E-state index contributed by atoms with van der Waals surface area (Å²) >= 11 is 0. The molecule has 2 N–H and O–H groups in total. The van der Waals surface area contributed by atoms with Crippen LogP contribution in [0.1, 0.15) is 39.0 Å². The predicted octanol–water partition coefficient (Wildman–Crippen LogP) is 3.47. The summed E-state index contributed by atoms with van der Waals surface area (Å²) in [5, 5.41) is 6.75. The SMILES string of the molecule is CCCCOCCCN=C(NCCCOCCOC)Nc1ccc2c(c1)OCCCO2. The zero-order chi connectivity index (χ0) is 22.0. The van der Waals surface area contributed by atoms with E-state index in [1.165, 1.54) is 0 Å². The summed E-state index contributed by atoms with van der Waals surface area (Å²) in [6.45, 7) is 8.43. The zero-order valence-electron chi connectivity index (χ0n) is 19.1. The summed E-state index contributed by atoms with van der Waals surface area (Å²) in [5.74, 6) is 2.28. The molecule has 0 saturated heterocycles. The molecule has 0 saturated carbocycles. The van der Waals surface area contributed by atoms with Gasteiger partial charge in [-0.2, -0.15) is 0 Å². The second-order valence-corrected chi connectivity index (χ2v) is 7.27. The van der Waals surface area contributed by atoms with Crippen molar-refractivity contribution < 1.29 is 23.7 Å². The van der Waals surface area contributed by atoms with E-state index in [0.29, 0.717) is 39.6 Å². The smallest absolute Gasteiger partial charge is 0.195 e. The maximum Gasteiger partial charge on any atom is 0.195 e. The molecule has 0 spiro atoms. The molecule has 1 aromatic carbocycles. The number of fused-ring (bicyclic) bond motifs is 1. The third kappa shape index (κ3) is 11.2. The number of benzene rings is 1. The summed E-state index contributed by atoms with van der Waals surface area (Å²) in [5.41, 5.74) is 0.908. The van der Waals surface area contributed by atoms with E-state index in [9.17, 15) is 0 Å². The van der Waals surface area contributed by atoms with Crippen LogP contribution in [0.25, 0.3) is 0 Å². The van der Waals surface area contributed by atoms with Gasteiger partial charge in [0.05, 0.1) is 26.4 Å². The highest BCUT2D eigenvalue weighted by Crippen LogP contribution is 2.32. The lowest BCUT2D eigenvalue weighted by Gasteiger charge is -2.15. The lowest BCUT2D eigenvalue weighted by Crippen LogP contribution is -2.32. The van der Waals surface area contributed by atoms with Crippen molar-refractivity contribution >= 4 is 11.6 Å². The largest absolute Gasteiger partial charge is 0.490 e. The first-order chi connectivity index (χ1) is 15.3. The van der Waals surface area contributed by atoms with E-state index >= 15 is 0 Å². The standard InChI is InChI=1S/C23H39N3O5/c1-3-4-12-28-13-5-10-24-23(25-11-6-14-29-18-17-27-2)26-20-8-9-21-22(19-20)31-16-7-15-30-21/h8-9,19H,3-7,10-18H2,1-2H3,(H2,24,25,26). The molecule has 0 amide bonds. The Hall–Kier alpha value is -2.03. The molecule has 0 radical (unpaired) electrons. The number of guanidine groups is 1. The number of anilines is 1. The van der Waals surface area contributed by atoms with E-state index in [2.05, 4.69) is 17.6 Å². The van der Waals surface area contributed by atoms with E-state index in [0.717, 1.165) is 75.0 Å². The number of hydrogen-bond acceptors (Lipinski definition) is 6. The van der Waals surface area contributed by atoms with Crippen molar-refractivity contribution in [2.24, 2.45) is 4.99 Å². The minimum atomic E-state index is 0.616. The molecule has 2 rings (SSSR count). The molecular weight excluding hydrogens is 398 g/mol. The molecule has 0 unspecified atom stereocenters. The van der Waals surface area contributed by atoms with Gasteiger partial charge >= 0.3 is 0 Å². The summed E-state index contributed by atoms with van der Waals surface area (Å²) in [6, 6.07) is 5.87. The van der Waals surface area contributed by atoms with Crippen LogP contribution in [0.5, 0.6) is 11.5 Å². The third-order valence-electron chi connectivity index (χ3n) is 4.56. The van der Waals surface area contributed by atoms with Crippen molar-refractivity contribution in [2.75, 3.05) is 71.8 Å². The number of methoxy groups -OCH3 is 1. The van der Waals surface area contributed by atoms with Crippen LogP contribution in [0.4, 0.5) is 5.69 Å². The van der Waals surface area contributed by atoms with Crippen molar-refractivity contribution in [1.82, 2.24) is 5.32 Å². The first kappa shape index (κ1) is 25.2. The number of unbranched alkanes of at least 4 members (excludes halogenated alkanes) is 1. The fourth-order valence-electron chi connectivity index (χ4n) is 2.85. The molecule has 1 aromatic rings. The highest BCUT2D eigenvalue weighted by molar-refractivity contribution is 5.93. The minimum absolute atomic E-state index is 0.616. The monoisotopic (exact) mass is 437 g/mol. The van der Waals surface area contributed by atoms with Crippen LogP contribution in [0.3, 0.4) is 0 Å². The molecule has 1 aliphatic rings. The summed E-state index contributed by atoms with van der Waals surface area (Å²) in [4.78, 5) is 4.70. The maximum absolute atomic E-state index is 5.79. The van der Waals surface area contributed by atoms with Crippen molar-refractivity contribution in [3.05, 3.63) is 18.2 Å². The Labute approximate surface area is 186 Å². The molecule has 0 aliphatic carbocycles. The molecule has 1 aliphatic heterocycles. The molecule has 0 bridgehead atoms. The van der Waals surface area contributed by atoms with Crippen molar-refractivity contribution in [3.63, 3.8) is 0 Å². The van der Waals surface area contributed by atoms with E-state index in [4.69, 9.17) is 28.7 Å². The van der Waals surface area contributed by atoms with Gasteiger partial charge in [0.2, 0.25) is 0 Å². The normalized spacial score (nSPS) is 13.7. The second-order valence-electron chi connectivity index (χ2n) is 7.27. The van der Waals surface area contributed by atoms with E-state index in [1.807, 2.05) is 18.2 Å².